The molecule has 0 spiro atoms. The van der Waals surface area contributed by atoms with Crippen LogP contribution in [-0.2, 0) is 4.74 Å². The second kappa shape index (κ2) is 5.76. The molecule has 1 fully saturated rings. The first-order chi connectivity index (χ1) is 10.1. The van der Waals surface area contributed by atoms with Crippen LogP contribution in [0.3, 0.4) is 0 Å². The van der Waals surface area contributed by atoms with E-state index in [1.54, 1.807) is 0 Å². The molecule has 2 aromatic rings. The average Bonchev–Trinajstić information content (AvgIpc) is 2.49. The minimum atomic E-state index is 0.0131. The molecule has 0 saturated carbocycles. The van der Waals surface area contributed by atoms with E-state index in [-0.39, 0.29) is 11.6 Å². The zero-order valence-corrected chi connectivity index (χ0v) is 12.9. The maximum Gasteiger partial charge on any atom is 0.0645 e. The van der Waals surface area contributed by atoms with Crippen LogP contribution in [0.25, 0.3) is 10.8 Å². The van der Waals surface area contributed by atoms with Crippen LogP contribution >= 0.6 is 0 Å². The van der Waals surface area contributed by atoms with Crippen molar-refractivity contribution in [1.29, 1.82) is 0 Å². The molecule has 0 bridgehead atoms. The maximum absolute atomic E-state index is 6.17. The third kappa shape index (κ3) is 2.69. The molecule has 3 heteroatoms. The third-order valence-electron chi connectivity index (χ3n) is 4.49. The molecule has 2 N–H and O–H groups in total. The van der Waals surface area contributed by atoms with E-state index in [0.717, 1.165) is 19.8 Å². The highest BCUT2D eigenvalue weighted by Crippen LogP contribution is 2.33. The van der Waals surface area contributed by atoms with Gasteiger partial charge in [-0.2, -0.15) is 0 Å². The topological polar surface area (TPSA) is 38.5 Å². The van der Waals surface area contributed by atoms with E-state index in [1.807, 2.05) is 0 Å². The Hall–Kier alpha value is -1.42. The van der Waals surface area contributed by atoms with Gasteiger partial charge in [-0.1, -0.05) is 42.5 Å². The van der Waals surface area contributed by atoms with Crippen LogP contribution in [0, 0.1) is 0 Å². The van der Waals surface area contributed by atoms with Crippen LogP contribution in [0.4, 0.5) is 0 Å². The predicted octanol–water partition coefficient (Wildman–Crippen LogP) is 2.95. The highest BCUT2D eigenvalue weighted by Gasteiger charge is 2.36. The molecule has 112 valence electrons. The second-order valence-electron chi connectivity index (χ2n) is 6.38. The Bertz CT molecular complexity index is 618. The summed E-state index contributed by atoms with van der Waals surface area (Å²) in [6.07, 6.45) is 0. The normalized spacial score (nSPS) is 20.5. The van der Waals surface area contributed by atoms with E-state index in [1.165, 1.54) is 16.3 Å². The zero-order valence-electron chi connectivity index (χ0n) is 12.9. The molecule has 1 atom stereocenters. The summed E-state index contributed by atoms with van der Waals surface area (Å²) in [6.45, 7) is 7.56. The summed E-state index contributed by atoms with van der Waals surface area (Å²) < 4.78 is 5.65. The van der Waals surface area contributed by atoms with E-state index >= 15 is 0 Å². The van der Waals surface area contributed by atoms with Crippen molar-refractivity contribution in [2.45, 2.75) is 25.4 Å². The Morgan fingerprint density at radius 1 is 1.19 bits per heavy atom. The zero-order chi connectivity index (χ0) is 14.9. The molecule has 0 amide bonds. The Morgan fingerprint density at radius 2 is 1.95 bits per heavy atom. The van der Waals surface area contributed by atoms with Gasteiger partial charge in [0.2, 0.25) is 0 Å². The summed E-state index contributed by atoms with van der Waals surface area (Å²) in [6, 6.07) is 15.3. The van der Waals surface area contributed by atoms with Crippen molar-refractivity contribution in [3.63, 3.8) is 0 Å². The monoisotopic (exact) mass is 284 g/mol. The highest BCUT2D eigenvalue weighted by molar-refractivity contribution is 5.86. The number of nitrogens with two attached hydrogens (primary N) is 1. The van der Waals surface area contributed by atoms with Crippen molar-refractivity contribution < 1.29 is 4.74 Å². The maximum atomic E-state index is 6.17. The molecule has 1 aliphatic heterocycles. The number of fused-ring (bicyclic) bond motifs is 1. The molecule has 3 rings (SSSR count). The molecule has 2 aromatic carbocycles. The van der Waals surface area contributed by atoms with Gasteiger partial charge in [-0.25, -0.2) is 0 Å². The summed E-state index contributed by atoms with van der Waals surface area (Å²) in [7, 11) is 0. The first-order valence-corrected chi connectivity index (χ1v) is 7.66. The molecule has 21 heavy (non-hydrogen) atoms. The minimum Gasteiger partial charge on any atom is -0.378 e. The van der Waals surface area contributed by atoms with E-state index in [0.29, 0.717) is 6.54 Å². The lowest BCUT2D eigenvalue weighted by molar-refractivity contribution is -0.0710. The quantitative estimate of drug-likeness (QED) is 0.942. The number of rotatable bonds is 3. The largest absolute Gasteiger partial charge is 0.378 e. The Kier molecular flexibility index (Phi) is 3.98. The van der Waals surface area contributed by atoms with Gasteiger partial charge < -0.3 is 10.5 Å². The smallest absolute Gasteiger partial charge is 0.0645 e. The van der Waals surface area contributed by atoms with E-state index in [9.17, 15) is 0 Å². The highest BCUT2D eigenvalue weighted by atomic mass is 16.5. The molecule has 3 nitrogen and oxygen atoms in total. The molecular weight excluding hydrogens is 260 g/mol. The summed E-state index contributed by atoms with van der Waals surface area (Å²) >= 11 is 0. The lowest BCUT2D eigenvalue weighted by Gasteiger charge is -2.46. The van der Waals surface area contributed by atoms with Crippen molar-refractivity contribution >= 4 is 10.8 Å². The first-order valence-electron chi connectivity index (χ1n) is 7.66. The van der Waals surface area contributed by atoms with E-state index in [2.05, 4.69) is 61.2 Å². The summed E-state index contributed by atoms with van der Waals surface area (Å²) in [5.41, 5.74) is 7.50. The van der Waals surface area contributed by atoms with Gasteiger partial charge in [-0.15, -0.1) is 0 Å². The minimum absolute atomic E-state index is 0.0131. The number of hydrogen-bond donors (Lipinski definition) is 1. The summed E-state index contributed by atoms with van der Waals surface area (Å²) in [5.74, 6) is 0. The number of nitrogens with zero attached hydrogens (tertiary/aromatic N) is 1. The van der Waals surface area contributed by atoms with E-state index < -0.39 is 0 Å². The SMILES string of the molecule is CC1(C)COCCN1C(CN)c1cccc2ccccc12. The molecule has 0 aliphatic carbocycles. The standard InChI is InChI=1S/C18H24N2O/c1-18(2)13-21-11-10-20(18)17(12-19)16-9-5-7-14-6-3-4-8-15(14)16/h3-9,17H,10-13,19H2,1-2H3. The van der Waals surface area contributed by atoms with Crippen LogP contribution < -0.4 is 5.73 Å². The van der Waals surface area contributed by atoms with Crippen molar-refractivity contribution in [3.05, 3.63) is 48.0 Å². The van der Waals surface area contributed by atoms with Gasteiger partial charge in [0.05, 0.1) is 13.2 Å². The van der Waals surface area contributed by atoms with Crippen molar-refractivity contribution in [3.8, 4) is 0 Å². The predicted molar refractivity (Wildman–Crippen MR) is 87.3 cm³/mol. The van der Waals surface area contributed by atoms with Gasteiger partial charge in [0.25, 0.3) is 0 Å². The van der Waals surface area contributed by atoms with Crippen LogP contribution in [-0.4, -0.2) is 36.7 Å². The van der Waals surface area contributed by atoms with Crippen LogP contribution in [0.1, 0.15) is 25.5 Å². The number of morpholine rings is 1. The van der Waals surface area contributed by atoms with Crippen molar-refractivity contribution in [1.82, 2.24) is 4.90 Å². The second-order valence-corrected chi connectivity index (χ2v) is 6.38. The van der Waals surface area contributed by atoms with E-state index in [4.69, 9.17) is 10.5 Å². The fraction of sp³-hybridized carbons (Fsp3) is 0.444. The fourth-order valence-corrected chi connectivity index (χ4v) is 3.41. The molecular formula is C18H24N2O. The van der Waals surface area contributed by atoms with Gasteiger partial charge in [-0.3, -0.25) is 4.90 Å². The summed E-state index contributed by atoms with van der Waals surface area (Å²) in [5, 5.41) is 2.58. The van der Waals surface area contributed by atoms with Gasteiger partial charge in [0.1, 0.15) is 0 Å². The molecule has 1 aliphatic rings. The van der Waals surface area contributed by atoms with Crippen LogP contribution in [0.5, 0.6) is 0 Å². The summed E-state index contributed by atoms with van der Waals surface area (Å²) in [4.78, 5) is 2.50. The first kappa shape index (κ1) is 14.5. The molecule has 1 saturated heterocycles. The number of ether oxygens (including phenoxy) is 1. The molecule has 1 unspecified atom stereocenters. The molecule has 0 aromatic heterocycles. The van der Waals surface area contributed by atoms with Gasteiger partial charge >= 0.3 is 0 Å². The van der Waals surface area contributed by atoms with Gasteiger partial charge in [0.15, 0.2) is 0 Å². The molecule has 1 heterocycles. The Labute approximate surface area is 126 Å². The Morgan fingerprint density at radius 3 is 2.71 bits per heavy atom. The fourth-order valence-electron chi connectivity index (χ4n) is 3.41. The number of benzene rings is 2. The van der Waals surface area contributed by atoms with Crippen molar-refractivity contribution in [2.75, 3.05) is 26.3 Å². The van der Waals surface area contributed by atoms with Gasteiger partial charge in [0, 0.05) is 24.7 Å². The van der Waals surface area contributed by atoms with Crippen LogP contribution in [0.2, 0.25) is 0 Å². The lowest BCUT2D eigenvalue weighted by atomic mass is 9.92. The van der Waals surface area contributed by atoms with Crippen molar-refractivity contribution in [2.24, 2.45) is 5.73 Å². The van der Waals surface area contributed by atoms with Gasteiger partial charge in [-0.05, 0) is 30.2 Å². The lowest BCUT2D eigenvalue weighted by Crippen LogP contribution is -2.55. The molecule has 0 radical (unpaired) electrons. The average molecular weight is 284 g/mol. The Balaban J connectivity index is 2.06. The number of hydrogen-bond acceptors (Lipinski definition) is 3. The third-order valence-corrected chi connectivity index (χ3v) is 4.49. The van der Waals surface area contributed by atoms with Crippen LogP contribution in [0.15, 0.2) is 42.5 Å².